The summed E-state index contributed by atoms with van der Waals surface area (Å²) < 4.78 is 5.11. The van der Waals surface area contributed by atoms with Crippen LogP contribution >= 0.6 is 0 Å². The molecule has 2 unspecified atom stereocenters. The van der Waals surface area contributed by atoms with Gasteiger partial charge in [0.15, 0.2) is 0 Å². The van der Waals surface area contributed by atoms with Gasteiger partial charge in [-0.05, 0) is 33.1 Å². The summed E-state index contributed by atoms with van der Waals surface area (Å²) in [6.07, 6.45) is 3.04. The molecule has 2 atom stereocenters. The SMILES string of the molecule is COCCN(C(C)CC(C)(N)C(N)=O)C1CC1. The van der Waals surface area contributed by atoms with Crippen LogP contribution in [0.5, 0.6) is 0 Å². The molecule has 0 bridgehead atoms. The van der Waals surface area contributed by atoms with Gasteiger partial charge in [-0.25, -0.2) is 0 Å². The van der Waals surface area contributed by atoms with Crippen molar-refractivity contribution in [3.63, 3.8) is 0 Å². The molecule has 0 radical (unpaired) electrons. The smallest absolute Gasteiger partial charge is 0.237 e. The van der Waals surface area contributed by atoms with Gasteiger partial charge in [-0.3, -0.25) is 9.69 Å². The number of nitrogens with zero attached hydrogens (tertiary/aromatic N) is 1. The average molecular weight is 243 g/mol. The first-order chi connectivity index (χ1) is 7.88. The van der Waals surface area contributed by atoms with E-state index in [0.29, 0.717) is 19.1 Å². The number of methoxy groups -OCH3 is 1. The Morgan fingerprint density at radius 3 is 2.59 bits per heavy atom. The minimum absolute atomic E-state index is 0.250. The molecule has 0 aromatic carbocycles. The maximum absolute atomic E-state index is 11.2. The van der Waals surface area contributed by atoms with Crippen molar-refractivity contribution in [2.24, 2.45) is 11.5 Å². The van der Waals surface area contributed by atoms with Crippen LogP contribution in [0.2, 0.25) is 0 Å². The Morgan fingerprint density at radius 1 is 1.59 bits per heavy atom. The summed E-state index contributed by atoms with van der Waals surface area (Å²) in [7, 11) is 1.70. The first-order valence-corrected chi connectivity index (χ1v) is 6.22. The third-order valence-electron chi connectivity index (χ3n) is 3.42. The van der Waals surface area contributed by atoms with Crippen molar-refractivity contribution in [3.05, 3.63) is 0 Å². The van der Waals surface area contributed by atoms with Crippen LogP contribution in [0.1, 0.15) is 33.1 Å². The lowest BCUT2D eigenvalue weighted by molar-refractivity contribution is -0.123. The van der Waals surface area contributed by atoms with Gasteiger partial charge in [-0.2, -0.15) is 0 Å². The number of hydrogen-bond donors (Lipinski definition) is 2. The van der Waals surface area contributed by atoms with Gasteiger partial charge >= 0.3 is 0 Å². The molecule has 5 nitrogen and oxygen atoms in total. The van der Waals surface area contributed by atoms with Gasteiger partial charge < -0.3 is 16.2 Å². The Morgan fingerprint density at radius 2 is 2.18 bits per heavy atom. The molecule has 0 aliphatic heterocycles. The zero-order chi connectivity index (χ0) is 13.1. The molecular weight excluding hydrogens is 218 g/mol. The Bertz CT molecular complexity index is 264. The van der Waals surface area contributed by atoms with E-state index in [1.807, 2.05) is 0 Å². The number of rotatable bonds is 8. The van der Waals surface area contributed by atoms with Gasteiger partial charge in [0.05, 0.1) is 12.1 Å². The number of amides is 1. The Kier molecular flexibility index (Phi) is 4.91. The van der Waals surface area contributed by atoms with Crippen LogP contribution in [-0.4, -0.2) is 48.7 Å². The molecule has 0 heterocycles. The number of carbonyl (C=O) groups excluding carboxylic acids is 1. The van der Waals surface area contributed by atoms with E-state index < -0.39 is 11.4 Å². The Balaban J connectivity index is 2.52. The second kappa shape index (κ2) is 5.80. The minimum atomic E-state index is -0.931. The first kappa shape index (κ1) is 14.4. The maximum Gasteiger partial charge on any atom is 0.237 e. The van der Waals surface area contributed by atoms with E-state index in [-0.39, 0.29) is 6.04 Å². The third kappa shape index (κ3) is 4.26. The molecule has 0 saturated heterocycles. The second-order valence-electron chi connectivity index (χ2n) is 5.30. The van der Waals surface area contributed by atoms with Crippen molar-refractivity contribution in [1.82, 2.24) is 4.90 Å². The summed E-state index contributed by atoms with van der Waals surface area (Å²) in [5.74, 6) is -0.438. The number of carbonyl (C=O) groups is 1. The normalized spacial score (nSPS) is 21.2. The van der Waals surface area contributed by atoms with Crippen LogP contribution in [-0.2, 0) is 9.53 Å². The van der Waals surface area contributed by atoms with Gasteiger partial charge in [0.2, 0.25) is 5.91 Å². The summed E-state index contributed by atoms with van der Waals surface area (Å²) >= 11 is 0. The van der Waals surface area contributed by atoms with Crippen molar-refractivity contribution in [2.75, 3.05) is 20.3 Å². The molecule has 1 rings (SSSR count). The molecule has 5 heteroatoms. The van der Waals surface area contributed by atoms with E-state index in [9.17, 15) is 4.79 Å². The Labute approximate surface area is 103 Å². The molecule has 0 spiro atoms. The standard InChI is InChI=1S/C12H25N3O2/c1-9(8-12(2,14)11(13)16)15(6-7-17-3)10-4-5-10/h9-10H,4-8,14H2,1-3H3,(H2,13,16). The highest BCUT2D eigenvalue weighted by atomic mass is 16.5. The molecular formula is C12H25N3O2. The lowest BCUT2D eigenvalue weighted by Crippen LogP contribution is -2.53. The molecule has 1 amide bonds. The zero-order valence-corrected chi connectivity index (χ0v) is 11.1. The average Bonchev–Trinajstić information content (AvgIpc) is 3.01. The lowest BCUT2D eigenvalue weighted by Gasteiger charge is -2.33. The highest BCUT2D eigenvalue weighted by molar-refractivity contribution is 5.83. The molecule has 0 aromatic heterocycles. The molecule has 1 saturated carbocycles. The largest absolute Gasteiger partial charge is 0.383 e. The summed E-state index contributed by atoms with van der Waals surface area (Å²) in [5, 5.41) is 0. The number of nitrogens with two attached hydrogens (primary N) is 2. The van der Waals surface area contributed by atoms with E-state index in [2.05, 4.69) is 11.8 Å². The highest BCUT2D eigenvalue weighted by Crippen LogP contribution is 2.30. The van der Waals surface area contributed by atoms with Gasteiger partial charge in [0.25, 0.3) is 0 Å². The predicted molar refractivity (Wildman–Crippen MR) is 67.5 cm³/mol. The van der Waals surface area contributed by atoms with Crippen molar-refractivity contribution in [2.45, 2.75) is 50.7 Å². The van der Waals surface area contributed by atoms with E-state index >= 15 is 0 Å². The van der Waals surface area contributed by atoms with Crippen molar-refractivity contribution < 1.29 is 9.53 Å². The number of hydrogen-bond acceptors (Lipinski definition) is 4. The van der Waals surface area contributed by atoms with Crippen molar-refractivity contribution >= 4 is 5.91 Å². The summed E-state index contributed by atoms with van der Waals surface area (Å²) in [6.45, 7) is 5.39. The first-order valence-electron chi connectivity index (χ1n) is 6.22. The summed E-state index contributed by atoms with van der Waals surface area (Å²) in [4.78, 5) is 13.6. The zero-order valence-electron chi connectivity index (χ0n) is 11.1. The van der Waals surface area contributed by atoms with E-state index in [1.165, 1.54) is 12.8 Å². The quantitative estimate of drug-likeness (QED) is 0.632. The fourth-order valence-electron chi connectivity index (χ4n) is 2.20. The fourth-order valence-corrected chi connectivity index (χ4v) is 2.20. The van der Waals surface area contributed by atoms with Gasteiger partial charge in [0.1, 0.15) is 0 Å². The molecule has 1 aliphatic carbocycles. The number of primary amides is 1. The third-order valence-corrected chi connectivity index (χ3v) is 3.42. The predicted octanol–water partition coefficient (Wildman–Crippen LogP) is 0.0785. The van der Waals surface area contributed by atoms with Crippen molar-refractivity contribution in [1.29, 1.82) is 0 Å². The lowest BCUT2D eigenvalue weighted by atomic mass is 9.93. The van der Waals surface area contributed by atoms with Crippen LogP contribution in [0.3, 0.4) is 0 Å². The van der Waals surface area contributed by atoms with E-state index in [4.69, 9.17) is 16.2 Å². The second-order valence-corrected chi connectivity index (χ2v) is 5.30. The van der Waals surface area contributed by atoms with Crippen LogP contribution < -0.4 is 11.5 Å². The van der Waals surface area contributed by atoms with Gasteiger partial charge in [-0.15, -0.1) is 0 Å². The highest BCUT2D eigenvalue weighted by Gasteiger charge is 2.36. The molecule has 1 aliphatic rings. The van der Waals surface area contributed by atoms with Crippen LogP contribution in [0.25, 0.3) is 0 Å². The van der Waals surface area contributed by atoms with Crippen LogP contribution in [0.4, 0.5) is 0 Å². The molecule has 17 heavy (non-hydrogen) atoms. The maximum atomic E-state index is 11.2. The van der Waals surface area contributed by atoms with Crippen LogP contribution in [0, 0.1) is 0 Å². The topological polar surface area (TPSA) is 81.6 Å². The summed E-state index contributed by atoms with van der Waals surface area (Å²) in [5.41, 5.74) is 10.3. The monoisotopic (exact) mass is 243 g/mol. The Hall–Kier alpha value is -0.650. The molecule has 1 fully saturated rings. The van der Waals surface area contributed by atoms with Gasteiger partial charge in [-0.1, -0.05) is 0 Å². The van der Waals surface area contributed by atoms with Gasteiger partial charge in [0, 0.05) is 25.7 Å². The summed E-state index contributed by atoms with van der Waals surface area (Å²) in [6, 6.07) is 0.879. The van der Waals surface area contributed by atoms with Crippen molar-refractivity contribution in [3.8, 4) is 0 Å². The van der Waals surface area contributed by atoms with E-state index in [0.717, 1.165) is 6.54 Å². The number of ether oxygens (including phenoxy) is 1. The van der Waals surface area contributed by atoms with Crippen LogP contribution in [0.15, 0.2) is 0 Å². The minimum Gasteiger partial charge on any atom is -0.383 e. The van der Waals surface area contributed by atoms with E-state index in [1.54, 1.807) is 14.0 Å². The molecule has 0 aromatic rings. The molecule has 4 N–H and O–H groups in total. The fraction of sp³-hybridized carbons (Fsp3) is 0.917. The molecule has 100 valence electrons.